The molecule has 0 fully saturated rings. The molecule has 0 saturated heterocycles. The van der Waals surface area contributed by atoms with Gasteiger partial charge in [-0.25, -0.2) is 0 Å². The van der Waals surface area contributed by atoms with Crippen LogP contribution in [0, 0.1) is 0 Å². The monoisotopic (exact) mass is 560 g/mol. The first-order valence-electron chi connectivity index (χ1n) is 11.0. The number of nitrogens with one attached hydrogen (secondary N) is 1. The topological polar surface area (TPSA) is 46.4 Å². The van der Waals surface area contributed by atoms with E-state index in [-0.39, 0.29) is 34.1 Å². The van der Waals surface area contributed by atoms with E-state index in [0.717, 1.165) is 53.1 Å². The quantitative estimate of drug-likeness (QED) is 0.232. The molecule has 0 aliphatic heterocycles. The summed E-state index contributed by atoms with van der Waals surface area (Å²) in [4.78, 5) is 0. The maximum absolute atomic E-state index is 13.1. The molecule has 0 atom stereocenters. The SMILES string of the molecule is Oc1c(Nc2ccc(C(F)(F)F)cc2)cc(-c2cccc(OCC(F)(F)F)c2)n1-c1ccc(C(F)(F)F)cc1. The number of alkyl halides is 9. The van der Waals surface area contributed by atoms with Crippen LogP contribution >= 0.6 is 0 Å². The van der Waals surface area contributed by atoms with E-state index in [2.05, 4.69) is 5.32 Å². The van der Waals surface area contributed by atoms with Crippen LogP contribution in [-0.4, -0.2) is 22.5 Å². The third kappa shape index (κ3) is 6.59. The second-order valence-electron chi connectivity index (χ2n) is 8.28. The van der Waals surface area contributed by atoms with Crippen LogP contribution in [0.3, 0.4) is 0 Å². The van der Waals surface area contributed by atoms with E-state index in [0.29, 0.717) is 0 Å². The zero-order valence-corrected chi connectivity index (χ0v) is 19.4. The van der Waals surface area contributed by atoms with Crippen LogP contribution in [0.5, 0.6) is 11.6 Å². The van der Waals surface area contributed by atoms with Crippen LogP contribution in [-0.2, 0) is 12.4 Å². The lowest BCUT2D eigenvalue weighted by atomic mass is 10.1. The molecule has 206 valence electrons. The predicted octanol–water partition coefficient (Wildman–Crippen LogP) is 8.57. The fourth-order valence-corrected chi connectivity index (χ4v) is 3.67. The molecule has 39 heavy (non-hydrogen) atoms. The van der Waals surface area contributed by atoms with Crippen LogP contribution in [0.25, 0.3) is 16.9 Å². The Balaban J connectivity index is 1.77. The van der Waals surface area contributed by atoms with Crippen molar-refractivity contribution in [3.63, 3.8) is 0 Å². The van der Waals surface area contributed by atoms with Gasteiger partial charge in [0.25, 0.3) is 0 Å². The highest BCUT2D eigenvalue weighted by Crippen LogP contribution is 2.40. The lowest BCUT2D eigenvalue weighted by Crippen LogP contribution is -2.19. The largest absolute Gasteiger partial charge is 0.493 e. The normalized spacial score (nSPS) is 12.4. The molecule has 4 aromatic rings. The summed E-state index contributed by atoms with van der Waals surface area (Å²) >= 11 is 0. The van der Waals surface area contributed by atoms with Crippen LogP contribution in [0.2, 0.25) is 0 Å². The molecule has 13 heteroatoms. The molecular formula is C26H17F9N2O2. The van der Waals surface area contributed by atoms with E-state index in [1.807, 2.05) is 0 Å². The van der Waals surface area contributed by atoms with Gasteiger partial charge in [0.15, 0.2) is 6.61 Å². The molecule has 0 saturated carbocycles. The third-order valence-corrected chi connectivity index (χ3v) is 5.45. The number of hydrogen-bond donors (Lipinski definition) is 2. The fraction of sp³-hybridized carbons (Fsp3) is 0.154. The molecule has 0 aliphatic rings. The Bertz CT molecular complexity index is 1440. The molecule has 2 N–H and O–H groups in total. The van der Waals surface area contributed by atoms with Gasteiger partial charge < -0.3 is 15.2 Å². The van der Waals surface area contributed by atoms with E-state index >= 15 is 0 Å². The van der Waals surface area contributed by atoms with Crippen LogP contribution in [0.4, 0.5) is 50.9 Å². The number of ether oxygens (including phenoxy) is 1. The van der Waals surface area contributed by atoms with Crippen molar-refractivity contribution in [3.8, 4) is 28.6 Å². The van der Waals surface area contributed by atoms with Gasteiger partial charge in [0.2, 0.25) is 5.88 Å². The Kier molecular flexibility index (Phi) is 7.19. The lowest BCUT2D eigenvalue weighted by Gasteiger charge is -2.14. The number of benzene rings is 3. The van der Waals surface area contributed by atoms with E-state index in [9.17, 15) is 44.6 Å². The van der Waals surface area contributed by atoms with Crippen molar-refractivity contribution in [1.29, 1.82) is 0 Å². The lowest BCUT2D eigenvalue weighted by molar-refractivity contribution is -0.153. The van der Waals surface area contributed by atoms with Gasteiger partial charge in [0.05, 0.1) is 16.8 Å². The van der Waals surface area contributed by atoms with Crippen LogP contribution < -0.4 is 10.1 Å². The molecule has 0 spiro atoms. The summed E-state index contributed by atoms with van der Waals surface area (Å²) in [5, 5.41) is 13.7. The number of anilines is 2. The number of nitrogens with zero attached hydrogens (tertiary/aromatic N) is 1. The average Bonchev–Trinajstić information content (AvgIpc) is 3.17. The molecule has 0 unspecified atom stereocenters. The van der Waals surface area contributed by atoms with E-state index in [4.69, 9.17) is 4.74 Å². The summed E-state index contributed by atoms with van der Waals surface area (Å²) in [5.74, 6) is -0.687. The zero-order valence-electron chi connectivity index (χ0n) is 19.4. The van der Waals surface area contributed by atoms with Crippen molar-refractivity contribution >= 4 is 11.4 Å². The first-order chi connectivity index (χ1) is 18.1. The number of hydrogen-bond acceptors (Lipinski definition) is 3. The first-order valence-corrected chi connectivity index (χ1v) is 11.0. The van der Waals surface area contributed by atoms with Crippen molar-refractivity contribution in [1.82, 2.24) is 4.57 Å². The van der Waals surface area contributed by atoms with Gasteiger partial charge in [-0.2, -0.15) is 39.5 Å². The minimum Gasteiger partial charge on any atom is -0.493 e. The van der Waals surface area contributed by atoms with Crippen molar-refractivity contribution in [3.05, 3.63) is 90.0 Å². The maximum Gasteiger partial charge on any atom is 0.422 e. The Labute approximate surface area is 214 Å². The summed E-state index contributed by atoms with van der Waals surface area (Å²) in [6.07, 6.45) is -13.8. The second kappa shape index (κ2) is 10.1. The van der Waals surface area contributed by atoms with Gasteiger partial charge in [-0.15, -0.1) is 0 Å². The summed E-state index contributed by atoms with van der Waals surface area (Å²) in [6, 6.07) is 14.3. The third-order valence-electron chi connectivity index (χ3n) is 5.45. The van der Waals surface area contributed by atoms with Crippen molar-refractivity contribution in [2.45, 2.75) is 18.5 Å². The van der Waals surface area contributed by atoms with Gasteiger partial charge in [0, 0.05) is 16.9 Å². The van der Waals surface area contributed by atoms with E-state index < -0.39 is 42.1 Å². The Morgan fingerprint density at radius 1 is 0.718 bits per heavy atom. The standard InChI is InChI=1S/C26H17F9N2O2/c27-24(28,29)14-39-20-3-1-2-15(12-20)22-13-21(36-18-8-4-16(5-9-18)25(30,31)32)23(38)37(22)19-10-6-17(7-11-19)26(33,34)35/h1-13,36,38H,14H2. The predicted molar refractivity (Wildman–Crippen MR) is 124 cm³/mol. The molecule has 1 aromatic heterocycles. The minimum absolute atomic E-state index is 0.0359. The number of aromatic hydroxyl groups is 1. The van der Waals surface area contributed by atoms with Crippen molar-refractivity contribution < 1.29 is 49.4 Å². The average molecular weight is 560 g/mol. The van der Waals surface area contributed by atoms with Crippen LogP contribution in [0.15, 0.2) is 78.9 Å². The van der Waals surface area contributed by atoms with Crippen LogP contribution in [0.1, 0.15) is 11.1 Å². The van der Waals surface area contributed by atoms with E-state index in [1.165, 1.54) is 30.3 Å². The summed E-state index contributed by atoms with van der Waals surface area (Å²) in [7, 11) is 0. The zero-order chi connectivity index (χ0) is 28.6. The van der Waals surface area contributed by atoms with Gasteiger partial charge >= 0.3 is 18.5 Å². The van der Waals surface area contributed by atoms with Crippen molar-refractivity contribution in [2.24, 2.45) is 0 Å². The molecule has 0 aliphatic carbocycles. The summed E-state index contributed by atoms with van der Waals surface area (Å²) in [6.45, 7) is -1.57. The molecule has 1 heterocycles. The number of rotatable bonds is 6. The van der Waals surface area contributed by atoms with Gasteiger partial charge in [-0.1, -0.05) is 12.1 Å². The molecule has 4 nitrogen and oxygen atoms in total. The highest BCUT2D eigenvalue weighted by Gasteiger charge is 2.31. The molecule has 0 bridgehead atoms. The highest BCUT2D eigenvalue weighted by molar-refractivity contribution is 5.77. The Morgan fingerprint density at radius 2 is 1.28 bits per heavy atom. The summed E-state index contributed by atoms with van der Waals surface area (Å²) in [5.41, 5.74) is -1.31. The molecule has 4 rings (SSSR count). The van der Waals surface area contributed by atoms with Gasteiger partial charge in [-0.05, 0) is 66.7 Å². The number of halogens is 9. The van der Waals surface area contributed by atoms with Gasteiger partial charge in [0.1, 0.15) is 11.4 Å². The molecule has 0 radical (unpaired) electrons. The number of aromatic nitrogens is 1. The van der Waals surface area contributed by atoms with E-state index in [1.54, 1.807) is 0 Å². The Morgan fingerprint density at radius 3 is 1.82 bits per heavy atom. The minimum atomic E-state index is -4.63. The maximum atomic E-state index is 13.1. The smallest absolute Gasteiger partial charge is 0.422 e. The molecule has 0 amide bonds. The summed E-state index contributed by atoms with van der Waals surface area (Å²) < 4.78 is 122. The van der Waals surface area contributed by atoms with Gasteiger partial charge in [-0.3, -0.25) is 4.57 Å². The first kappa shape index (κ1) is 27.7. The van der Waals surface area contributed by atoms with Crippen molar-refractivity contribution in [2.75, 3.05) is 11.9 Å². The molecular weight excluding hydrogens is 543 g/mol. The molecule has 3 aromatic carbocycles. The second-order valence-corrected chi connectivity index (χ2v) is 8.28. The Hall–Kier alpha value is -4.29. The highest BCUT2D eigenvalue weighted by atomic mass is 19.4. The fourth-order valence-electron chi connectivity index (χ4n) is 3.67.